The van der Waals surface area contributed by atoms with E-state index >= 15 is 0 Å². The lowest BCUT2D eigenvalue weighted by Gasteiger charge is -2.08. The van der Waals surface area contributed by atoms with Crippen LogP contribution in [0.4, 0.5) is 0 Å². The van der Waals surface area contributed by atoms with Gasteiger partial charge in [0.25, 0.3) is 5.91 Å². The van der Waals surface area contributed by atoms with E-state index in [1.54, 1.807) is 6.92 Å². The van der Waals surface area contributed by atoms with E-state index in [4.69, 9.17) is 0 Å². The Hall–Kier alpha value is -1.43. The van der Waals surface area contributed by atoms with Gasteiger partial charge in [0.1, 0.15) is 5.69 Å². The van der Waals surface area contributed by atoms with Crippen LogP contribution in [0.1, 0.15) is 22.6 Å². The Labute approximate surface area is 88.6 Å². The first-order valence-electron chi connectivity index (χ1n) is 4.83. The summed E-state index contributed by atoms with van der Waals surface area (Å²) in [5, 5.41) is 9.81. The van der Waals surface area contributed by atoms with E-state index in [0.717, 1.165) is 13.0 Å². The minimum atomic E-state index is -0.229. The number of nitrogens with zero attached hydrogens (tertiary/aromatic N) is 3. The van der Waals surface area contributed by atoms with Gasteiger partial charge >= 0.3 is 0 Å². The van der Waals surface area contributed by atoms with E-state index in [1.807, 2.05) is 14.1 Å². The topological polar surface area (TPSA) is 71.3 Å². The van der Waals surface area contributed by atoms with Gasteiger partial charge < -0.3 is 10.2 Å². The van der Waals surface area contributed by atoms with Crippen LogP contribution in [0.2, 0.25) is 0 Å². The van der Waals surface area contributed by atoms with Crippen LogP contribution >= 0.6 is 0 Å². The summed E-state index contributed by atoms with van der Waals surface area (Å²) in [5.41, 5.74) is 0.778. The molecule has 1 amide bonds. The zero-order valence-corrected chi connectivity index (χ0v) is 9.28. The van der Waals surface area contributed by atoms with Crippen LogP contribution in [0.3, 0.4) is 0 Å². The molecule has 0 spiro atoms. The predicted octanol–water partition coefficient (Wildman–Crippen LogP) is 0.0595. The Balaban J connectivity index is 2.28. The first-order chi connectivity index (χ1) is 7.11. The van der Waals surface area contributed by atoms with Gasteiger partial charge in [-0.3, -0.25) is 4.79 Å². The van der Waals surface area contributed by atoms with Gasteiger partial charge in [-0.05, 0) is 39.1 Å². The zero-order chi connectivity index (χ0) is 11.3. The minimum Gasteiger partial charge on any atom is -0.350 e. The monoisotopic (exact) mass is 212 g/mol. The summed E-state index contributed by atoms with van der Waals surface area (Å²) in [7, 11) is 3.99. The first-order valence-corrected chi connectivity index (χ1v) is 4.83. The van der Waals surface area contributed by atoms with E-state index in [2.05, 4.69) is 25.2 Å². The van der Waals surface area contributed by atoms with Gasteiger partial charge in [-0.1, -0.05) is 5.16 Å². The normalized spacial score (nSPS) is 10.7. The minimum absolute atomic E-state index is 0.229. The van der Waals surface area contributed by atoms with Gasteiger partial charge in [0.15, 0.2) is 5.69 Å². The molecule has 0 aliphatic carbocycles. The Morgan fingerprint density at radius 3 is 2.73 bits per heavy atom. The fraction of sp³-hybridized carbons (Fsp3) is 0.667. The molecule has 0 radical (unpaired) electrons. The van der Waals surface area contributed by atoms with Crippen molar-refractivity contribution in [1.29, 1.82) is 0 Å². The maximum atomic E-state index is 11.5. The van der Waals surface area contributed by atoms with Crippen molar-refractivity contribution in [2.24, 2.45) is 0 Å². The Bertz CT molecular complexity index is 322. The largest absolute Gasteiger partial charge is 0.350 e. The highest BCUT2D eigenvalue weighted by molar-refractivity contribution is 5.92. The molecule has 0 saturated carbocycles. The molecule has 84 valence electrons. The SMILES string of the molecule is Cc1nonc1C(=O)NCCCN(C)C. The Kier molecular flexibility index (Phi) is 4.23. The Morgan fingerprint density at radius 1 is 1.47 bits per heavy atom. The lowest BCUT2D eigenvalue weighted by Crippen LogP contribution is -2.27. The van der Waals surface area contributed by atoms with Crippen LogP contribution in [0.5, 0.6) is 0 Å². The highest BCUT2D eigenvalue weighted by Gasteiger charge is 2.13. The van der Waals surface area contributed by atoms with Crippen molar-refractivity contribution >= 4 is 5.91 Å². The van der Waals surface area contributed by atoms with E-state index in [0.29, 0.717) is 12.2 Å². The van der Waals surface area contributed by atoms with Gasteiger partial charge in [-0.15, -0.1) is 0 Å². The second-order valence-electron chi connectivity index (χ2n) is 3.61. The average Bonchev–Trinajstić information content (AvgIpc) is 2.58. The van der Waals surface area contributed by atoms with Crippen molar-refractivity contribution in [1.82, 2.24) is 20.5 Å². The zero-order valence-electron chi connectivity index (χ0n) is 9.28. The number of rotatable bonds is 5. The molecule has 1 rings (SSSR count). The molecule has 0 bridgehead atoms. The molecule has 1 N–H and O–H groups in total. The predicted molar refractivity (Wildman–Crippen MR) is 54.5 cm³/mol. The lowest BCUT2D eigenvalue weighted by molar-refractivity contribution is 0.0942. The summed E-state index contributed by atoms with van der Waals surface area (Å²) in [6.07, 6.45) is 0.906. The number of aromatic nitrogens is 2. The van der Waals surface area contributed by atoms with Gasteiger partial charge in [-0.2, -0.15) is 0 Å². The van der Waals surface area contributed by atoms with Crippen LogP contribution in [0.25, 0.3) is 0 Å². The summed E-state index contributed by atoms with van der Waals surface area (Å²) in [6.45, 7) is 3.25. The third kappa shape index (κ3) is 3.67. The van der Waals surface area contributed by atoms with Crippen LogP contribution in [0, 0.1) is 6.92 Å². The van der Waals surface area contributed by atoms with Gasteiger partial charge in [-0.25, -0.2) is 4.63 Å². The molecule has 0 aromatic carbocycles. The van der Waals surface area contributed by atoms with Crippen molar-refractivity contribution in [3.63, 3.8) is 0 Å². The standard InChI is InChI=1S/C9H16N4O2/c1-7-8(12-15-11-7)9(14)10-5-4-6-13(2)3/h4-6H2,1-3H3,(H,10,14). The molecule has 0 unspecified atom stereocenters. The smallest absolute Gasteiger partial charge is 0.275 e. The van der Waals surface area contributed by atoms with E-state index < -0.39 is 0 Å². The highest BCUT2D eigenvalue weighted by atomic mass is 16.6. The average molecular weight is 212 g/mol. The van der Waals surface area contributed by atoms with Crippen LogP contribution in [-0.4, -0.2) is 48.3 Å². The molecular weight excluding hydrogens is 196 g/mol. The van der Waals surface area contributed by atoms with Gasteiger partial charge in [0.2, 0.25) is 0 Å². The van der Waals surface area contributed by atoms with Crippen molar-refractivity contribution in [3.05, 3.63) is 11.4 Å². The van der Waals surface area contributed by atoms with Gasteiger partial charge in [0, 0.05) is 6.54 Å². The number of hydrogen-bond donors (Lipinski definition) is 1. The third-order valence-electron chi connectivity index (χ3n) is 1.94. The van der Waals surface area contributed by atoms with E-state index in [1.165, 1.54) is 0 Å². The molecule has 1 heterocycles. The molecule has 6 heteroatoms. The maximum Gasteiger partial charge on any atom is 0.275 e. The Morgan fingerprint density at radius 2 is 2.20 bits per heavy atom. The summed E-state index contributed by atoms with van der Waals surface area (Å²) >= 11 is 0. The van der Waals surface area contributed by atoms with Crippen molar-refractivity contribution in [3.8, 4) is 0 Å². The summed E-state index contributed by atoms with van der Waals surface area (Å²) in [4.78, 5) is 13.5. The van der Waals surface area contributed by atoms with Crippen molar-refractivity contribution in [2.75, 3.05) is 27.2 Å². The fourth-order valence-corrected chi connectivity index (χ4v) is 1.12. The molecule has 0 saturated heterocycles. The van der Waals surface area contributed by atoms with Crippen molar-refractivity contribution in [2.45, 2.75) is 13.3 Å². The summed E-state index contributed by atoms with van der Waals surface area (Å²) in [6, 6.07) is 0. The molecule has 1 aromatic rings. The molecular formula is C9H16N4O2. The number of amides is 1. The lowest BCUT2D eigenvalue weighted by atomic mass is 10.3. The second kappa shape index (κ2) is 5.45. The van der Waals surface area contributed by atoms with Crippen LogP contribution in [0.15, 0.2) is 4.63 Å². The molecule has 0 atom stereocenters. The molecule has 0 fully saturated rings. The first kappa shape index (κ1) is 11.6. The number of nitrogens with one attached hydrogen (secondary N) is 1. The van der Waals surface area contributed by atoms with E-state index in [9.17, 15) is 4.79 Å². The second-order valence-corrected chi connectivity index (χ2v) is 3.61. The summed E-state index contributed by atoms with van der Waals surface area (Å²) in [5.74, 6) is -0.229. The quantitative estimate of drug-likeness (QED) is 0.699. The molecule has 1 aromatic heterocycles. The molecule has 0 aliphatic heterocycles. The fourth-order valence-electron chi connectivity index (χ4n) is 1.12. The maximum absolute atomic E-state index is 11.5. The van der Waals surface area contributed by atoms with Gasteiger partial charge in [0.05, 0.1) is 0 Å². The number of hydrogen-bond acceptors (Lipinski definition) is 5. The number of carbonyl (C=O) groups is 1. The van der Waals surface area contributed by atoms with Crippen molar-refractivity contribution < 1.29 is 9.42 Å². The van der Waals surface area contributed by atoms with E-state index in [-0.39, 0.29) is 11.6 Å². The molecule has 6 nitrogen and oxygen atoms in total. The van der Waals surface area contributed by atoms with Crippen LogP contribution < -0.4 is 5.32 Å². The summed E-state index contributed by atoms with van der Waals surface area (Å²) < 4.78 is 4.44. The molecule has 0 aliphatic rings. The molecule has 15 heavy (non-hydrogen) atoms. The number of carbonyl (C=O) groups excluding carboxylic acids is 1. The van der Waals surface area contributed by atoms with Crippen LogP contribution in [-0.2, 0) is 0 Å². The number of aryl methyl sites for hydroxylation is 1. The highest BCUT2D eigenvalue weighted by Crippen LogP contribution is 1.99. The third-order valence-corrected chi connectivity index (χ3v) is 1.94.